The molecule has 1 aliphatic heterocycles. The Morgan fingerprint density at radius 3 is 2.20 bits per heavy atom. The molecule has 3 rings (SSSR count). The minimum atomic E-state index is -1.56. The van der Waals surface area contributed by atoms with Gasteiger partial charge >= 0.3 is 0 Å². The molecule has 1 heterocycles. The molecule has 0 fully saturated rings. The number of unbranched alkanes of at least 4 members (excludes halogenated alkanes) is 1. The van der Waals surface area contributed by atoms with Crippen LogP contribution >= 0.6 is 0 Å². The van der Waals surface area contributed by atoms with Crippen LogP contribution in [-0.2, 0) is 11.2 Å². The van der Waals surface area contributed by atoms with Crippen molar-refractivity contribution in [1.29, 1.82) is 0 Å². The summed E-state index contributed by atoms with van der Waals surface area (Å²) < 4.78 is 0. The predicted molar refractivity (Wildman–Crippen MR) is 97.7 cm³/mol. The number of aliphatic hydroxyl groups excluding tert-OH is 1. The molecule has 0 bridgehead atoms. The van der Waals surface area contributed by atoms with Gasteiger partial charge in [0.05, 0.1) is 5.57 Å². The van der Waals surface area contributed by atoms with Gasteiger partial charge in [-0.15, -0.1) is 0 Å². The van der Waals surface area contributed by atoms with Crippen LogP contribution in [0.2, 0.25) is 0 Å². The van der Waals surface area contributed by atoms with E-state index < -0.39 is 11.6 Å². The summed E-state index contributed by atoms with van der Waals surface area (Å²) in [4.78, 5) is 14.1. The lowest BCUT2D eigenvalue weighted by Crippen LogP contribution is -2.50. The van der Waals surface area contributed by atoms with E-state index in [1.54, 1.807) is 12.1 Å². The molecule has 4 heteroatoms. The number of nitrogens with zero attached hydrogens (tertiary/aromatic N) is 1. The molecule has 130 valence electrons. The fourth-order valence-corrected chi connectivity index (χ4v) is 3.37. The Morgan fingerprint density at radius 2 is 1.60 bits per heavy atom. The molecule has 0 saturated carbocycles. The maximum atomic E-state index is 12.7. The van der Waals surface area contributed by atoms with Crippen molar-refractivity contribution < 1.29 is 15.0 Å². The van der Waals surface area contributed by atoms with Crippen molar-refractivity contribution in [2.24, 2.45) is 0 Å². The molecule has 0 aromatic heterocycles. The smallest absolute Gasteiger partial charge is 0.291 e. The normalized spacial score (nSPS) is 20.4. The van der Waals surface area contributed by atoms with E-state index in [0.717, 1.165) is 18.4 Å². The van der Waals surface area contributed by atoms with Crippen LogP contribution in [0.25, 0.3) is 5.57 Å². The van der Waals surface area contributed by atoms with E-state index in [0.29, 0.717) is 12.1 Å². The molecule has 25 heavy (non-hydrogen) atoms. The summed E-state index contributed by atoms with van der Waals surface area (Å²) in [6.45, 7) is 2.43. The number of amides is 1. The van der Waals surface area contributed by atoms with Crippen molar-refractivity contribution in [1.82, 2.24) is 4.90 Å². The maximum Gasteiger partial charge on any atom is 0.291 e. The van der Waals surface area contributed by atoms with Gasteiger partial charge in [0.25, 0.3) is 5.91 Å². The fourth-order valence-electron chi connectivity index (χ4n) is 3.37. The topological polar surface area (TPSA) is 60.8 Å². The van der Waals surface area contributed by atoms with E-state index >= 15 is 0 Å². The van der Waals surface area contributed by atoms with E-state index in [1.807, 2.05) is 55.5 Å². The zero-order valence-corrected chi connectivity index (χ0v) is 14.4. The first-order chi connectivity index (χ1) is 12.1. The highest BCUT2D eigenvalue weighted by Crippen LogP contribution is 2.41. The van der Waals surface area contributed by atoms with E-state index in [9.17, 15) is 15.0 Å². The van der Waals surface area contributed by atoms with Crippen molar-refractivity contribution in [3.8, 4) is 0 Å². The first-order valence-corrected chi connectivity index (χ1v) is 8.65. The van der Waals surface area contributed by atoms with Crippen LogP contribution in [0.3, 0.4) is 0 Å². The van der Waals surface area contributed by atoms with Gasteiger partial charge in [0.15, 0.2) is 11.5 Å². The molecule has 1 unspecified atom stereocenters. The van der Waals surface area contributed by atoms with Gasteiger partial charge < -0.3 is 15.1 Å². The zero-order chi connectivity index (χ0) is 17.9. The zero-order valence-electron chi connectivity index (χ0n) is 14.4. The molecule has 1 atom stereocenters. The summed E-state index contributed by atoms with van der Waals surface area (Å²) >= 11 is 0. The third-order valence-electron chi connectivity index (χ3n) is 4.62. The Labute approximate surface area is 148 Å². The maximum absolute atomic E-state index is 12.7. The third-order valence-corrected chi connectivity index (χ3v) is 4.62. The molecule has 0 saturated heterocycles. The minimum absolute atomic E-state index is 0.234. The second-order valence-corrected chi connectivity index (χ2v) is 6.38. The van der Waals surface area contributed by atoms with Crippen LogP contribution < -0.4 is 0 Å². The fraction of sp³-hybridized carbons (Fsp3) is 0.286. The Bertz CT molecular complexity index is 770. The van der Waals surface area contributed by atoms with Gasteiger partial charge in [-0.25, -0.2) is 0 Å². The monoisotopic (exact) mass is 337 g/mol. The summed E-state index contributed by atoms with van der Waals surface area (Å²) in [5, 5.41) is 22.1. The average Bonchev–Trinajstić information content (AvgIpc) is 2.81. The molecule has 1 amide bonds. The number of rotatable bonds is 6. The number of carbonyl (C=O) groups is 1. The van der Waals surface area contributed by atoms with Gasteiger partial charge in [-0.1, -0.05) is 74.0 Å². The Morgan fingerprint density at radius 1 is 1.00 bits per heavy atom. The highest BCUT2D eigenvalue weighted by Gasteiger charge is 2.51. The number of aliphatic hydroxyl groups is 2. The lowest BCUT2D eigenvalue weighted by molar-refractivity contribution is -0.142. The lowest BCUT2D eigenvalue weighted by Gasteiger charge is -2.36. The molecular formula is C21H23NO3. The van der Waals surface area contributed by atoms with Crippen LogP contribution in [0.1, 0.15) is 30.9 Å². The van der Waals surface area contributed by atoms with Crippen molar-refractivity contribution in [3.63, 3.8) is 0 Å². The number of hydrogen-bond acceptors (Lipinski definition) is 3. The Balaban J connectivity index is 2.07. The standard InChI is InChI=1S/C21H23NO3/c1-2-3-14-22-20(24)19(23)18(17-12-8-5-9-13-17)21(22,25)15-16-10-6-4-7-11-16/h4-13,23,25H,2-3,14-15H2,1H3. The van der Waals surface area contributed by atoms with Crippen molar-refractivity contribution in [2.75, 3.05) is 6.54 Å². The van der Waals surface area contributed by atoms with Crippen molar-refractivity contribution in [2.45, 2.75) is 31.9 Å². The molecule has 2 N–H and O–H groups in total. The predicted octanol–water partition coefficient (Wildman–Crippen LogP) is 3.53. The molecular weight excluding hydrogens is 314 g/mol. The summed E-state index contributed by atoms with van der Waals surface area (Å²) in [6.07, 6.45) is 1.89. The van der Waals surface area contributed by atoms with E-state index in [1.165, 1.54) is 4.90 Å². The molecule has 0 radical (unpaired) electrons. The minimum Gasteiger partial charge on any atom is -0.503 e. The van der Waals surface area contributed by atoms with Crippen LogP contribution in [0, 0.1) is 0 Å². The molecule has 4 nitrogen and oxygen atoms in total. The average molecular weight is 337 g/mol. The largest absolute Gasteiger partial charge is 0.503 e. The highest BCUT2D eigenvalue weighted by atomic mass is 16.3. The van der Waals surface area contributed by atoms with Crippen LogP contribution in [0.5, 0.6) is 0 Å². The molecule has 2 aromatic rings. The van der Waals surface area contributed by atoms with Crippen LogP contribution in [-0.4, -0.2) is 33.3 Å². The Kier molecular flexibility index (Phi) is 4.91. The van der Waals surface area contributed by atoms with Gasteiger partial charge in [-0.3, -0.25) is 4.79 Å². The Hall–Kier alpha value is -2.59. The van der Waals surface area contributed by atoms with Crippen molar-refractivity contribution in [3.05, 3.63) is 77.5 Å². The quantitative estimate of drug-likeness (QED) is 0.848. The summed E-state index contributed by atoms with van der Waals surface area (Å²) in [5.41, 5.74) is 0.297. The van der Waals surface area contributed by atoms with E-state index in [4.69, 9.17) is 0 Å². The summed E-state index contributed by atoms with van der Waals surface area (Å²) in [5.74, 6) is -0.869. The van der Waals surface area contributed by atoms with Gasteiger partial charge in [0.2, 0.25) is 0 Å². The number of hydrogen-bond donors (Lipinski definition) is 2. The number of carbonyl (C=O) groups excluding carboxylic acids is 1. The van der Waals surface area contributed by atoms with Crippen LogP contribution in [0.15, 0.2) is 66.4 Å². The van der Waals surface area contributed by atoms with Gasteiger partial charge in [0, 0.05) is 13.0 Å². The molecule has 0 aliphatic carbocycles. The second kappa shape index (κ2) is 7.11. The van der Waals surface area contributed by atoms with E-state index in [-0.39, 0.29) is 17.8 Å². The molecule has 1 aliphatic rings. The summed E-state index contributed by atoms with van der Waals surface area (Å²) in [7, 11) is 0. The van der Waals surface area contributed by atoms with Gasteiger partial charge in [-0.2, -0.15) is 0 Å². The molecule has 0 spiro atoms. The van der Waals surface area contributed by atoms with Gasteiger partial charge in [0.1, 0.15) is 0 Å². The third kappa shape index (κ3) is 3.17. The second-order valence-electron chi connectivity index (χ2n) is 6.38. The van der Waals surface area contributed by atoms with Crippen LogP contribution in [0.4, 0.5) is 0 Å². The summed E-state index contributed by atoms with van der Waals surface area (Å²) in [6, 6.07) is 18.7. The van der Waals surface area contributed by atoms with Crippen molar-refractivity contribution >= 4 is 11.5 Å². The van der Waals surface area contributed by atoms with Gasteiger partial charge in [-0.05, 0) is 17.5 Å². The number of benzene rings is 2. The lowest BCUT2D eigenvalue weighted by atomic mass is 9.90. The first-order valence-electron chi connectivity index (χ1n) is 8.65. The highest BCUT2D eigenvalue weighted by molar-refractivity contribution is 6.06. The molecule has 2 aromatic carbocycles. The SMILES string of the molecule is CCCCN1C(=O)C(O)=C(c2ccccc2)C1(O)Cc1ccccc1. The van der Waals surface area contributed by atoms with E-state index in [2.05, 4.69) is 0 Å². The first kappa shape index (κ1) is 17.2.